The summed E-state index contributed by atoms with van der Waals surface area (Å²) >= 11 is 0. The van der Waals surface area contributed by atoms with Crippen LogP contribution in [0.1, 0.15) is 16.1 Å². The number of carbonyl (C=O) groups is 1. The fraction of sp³-hybridized carbons (Fsp3) is 0.250. The zero-order valence-electron chi connectivity index (χ0n) is 10.5. The molecule has 0 saturated carbocycles. The Kier molecular flexibility index (Phi) is 4.10. The summed E-state index contributed by atoms with van der Waals surface area (Å²) in [7, 11) is 0. The molecule has 1 heterocycles. The van der Waals surface area contributed by atoms with E-state index in [0.717, 1.165) is 12.1 Å². The molecule has 0 saturated heterocycles. The van der Waals surface area contributed by atoms with Crippen LogP contribution < -0.4 is 4.74 Å². The van der Waals surface area contributed by atoms with Crippen molar-refractivity contribution in [1.82, 2.24) is 15.0 Å². The standard InChI is InChI=1S/C12H10F3N3O3/c13-12(14,15)8-1-3-9(4-2-8)21-6-5-18-7-10(11(19)20)16-17-18/h1-4,7H,5-6H2,(H,19,20). The van der Waals surface area contributed by atoms with Gasteiger partial charge in [-0.2, -0.15) is 13.2 Å². The van der Waals surface area contributed by atoms with E-state index in [9.17, 15) is 18.0 Å². The molecule has 1 aromatic carbocycles. The summed E-state index contributed by atoms with van der Waals surface area (Å²) < 4.78 is 43.6. The number of ether oxygens (including phenoxy) is 1. The Labute approximate surface area is 116 Å². The lowest BCUT2D eigenvalue weighted by Gasteiger charge is -2.09. The Bertz CT molecular complexity index is 623. The highest BCUT2D eigenvalue weighted by Crippen LogP contribution is 2.30. The Morgan fingerprint density at radius 3 is 2.48 bits per heavy atom. The molecular formula is C12H10F3N3O3. The Balaban J connectivity index is 1.87. The largest absolute Gasteiger partial charge is 0.492 e. The molecule has 1 aromatic heterocycles. The van der Waals surface area contributed by atoms with E-state index in [1.165, 1.54) is 23.0 Å². The number of aromatic nitrogens is 3. The van der Waals surface area contributed by atoms with Crippen molar-refractivity contribution >= 4 is 5.97 Å². The van der Waals surface area contributed by atoms with Gasteiger partial charge in [0.05, 0.1) is 18.3 Å². The van der Waals surface area contributed by atoms with E-state index in [1.807, 2.05) is 0 Å². The third-order valence-electron chi connectivity index (χ3n) is 2.53. The first-order chi connectivity index (χ1) is 9.86. The molecule has 112 valence electrons. The minimum Gasteiger partial charge on any atom is -0.492 e. The SMILES string of the molecule is O=C(O)c1cn(CCOc2ccc(C(F)(F)F)cc2)nn1. The molecule has 0 radical (unpaired) electrons. The second kappa shape index (κ2) is 5.81. The van der Waals surface area contributed by atoms with Gasteiger partial charge in [0.15, 0.2) is 5.69 Å². The molecule has 2 rings (SSSR count). The summed E-state index contributed by atoms with van der Waals surface area (Å²) in [6.45, 7) is 0.342. The number of hydrogen-bond acceptors (Lipinski definition) is 4. The molecule has 0 atom stereocenters. The second-order valence-corrected chi connectivity index (χ2v) is 4.04. The zero-order chi connectivity index (χ0) is 15.5. The highest BCUT2D eigenvalue weighted by Gasteiger charge is 2.29. The Morgan fingerprint density at radius 2 is 1.95 bits per heavy atom. The maximum atomic E-state index is 12.4. The van der Waals surface area contributed by atoms with Crippen molar-refractivity contribution in [3.8, 4) is 5.75 Å². The second-order valence-electron chi connectivity index (χ2n) is 4.04. The van der Waals surface area contributed by atoms with Crippen LogP contribution >= 0.6 is 0 Å². The molecular weight excluding hydrogens is 291 g/mol. The molecule has 0 amide bonds. The van der Waals surface area contributed by atoms with Gasteiger partial charge < -0.3 is 9.84 Å². The van der Waals surface area contributed by atoms with E-state index in [0.29, 0.717) is 0 Å². The first-order valence-electron chi connectivity index (χ1n) is 5.80. The van der Waals surface area contributed by atoms with Crippen LogP contribution in [0.4, 0.5) is 13.2 Å². The summed E-state index contributed by atoms with van der Waals surface area (Å²) in [4.78, 5) is 10.6. The minimum atomic E-state index is -4.38. The van der Waals surface area contributed by atoms with E-state index >= 15 is 0 Å². The van der Waals surface area contributed by atoms with Gasteiger partial charge in [0, 0.05) is 0 Å². The van der Waals surface area contributed by atoms with Gasteiger partial charge in [0.25, 0.3) is 0 Å². The van der Waals surface area contributed by atoms with Crippen LogP contribution in [0, 0.1) is 0 Å². The first kappa shape index (κ1) is 14.8. The quantitative estimate of drug-likeness (QED) is 0.915. The van der Waals surface area contributed by atoms with Crippen LogP contribution in [0.3, 0.4) is 0 Å². The summed E-state index contributed by atoms with van der Waals surface area (Å²) in [5.41, 5.74) is -0.943. The Hall–Kier alpha value is -2.58. The zero-order valence-corrected chi connectivity index (χ0v) is 10.5. The molecule has 0 aliphatic rings. The van der Waals surface area contributed by atoms with Crippen LogP contribution in [-0.2, 0) is 12.7 Å². The molecule has 2 aromatic rings. The molecule has 9 heteroatoms. The van der Waals surface area contributed by atoms with E-state index in [-0.39, 0.29) is 24.6 Å². The average Bonchev–Trinajstić information content (AvgIpc) is 2.87. The van der Waals surface area contributed by atoms with Gasteiger partial charge in [-0.3, -0.25) is 0 Å². The summed E-state index contributed by atoms with van der Waals surface area (Å²) in [5.74, 6) is -0.911. The van der Waals surface area contributed by atoms with Gasteiger partial charge in [-0.1, -0.05) is 5.21 Å². The molecule has 0 fully saturated rings. The van der Waals surface area contributed by atoms with Gasteiger partial charge in [-0.15, -0.1) is 5.10 Å². The number of rotatable bonds is 5. The molecule has 0 aliphatic heterocycles. The first-order valence-corrected chi connectivity index (χ1v) is 5.80. The fourth-order valence-corrected chi connectivity index (χ4v) is 1.50. The highest BCUT2D eigenvalue weighted by atomic mass is 19.4. The van der Waals surface area contributed by atoms with E-state index in [2.05, 4.69) is 10.3 Å². The van der Waals surface area contributed by atoms with Crippen molar-refractivity contribution in [2.24, 2.45) is 0 Å². The lowest BCUT2D eigenvalue weighted by Crippen LogP contribution is -2.09. The van der Waals surface area contributed by atoms with Crippen molar-refractivity contribution < 1.29 is 27.8 Å². The van der Waals surface area contributed by atoms with Crippen LogP contribution in [0.5, 0.6) is 5.75 Å². The van der Waals surface area contributed by atoms with Crippen LogP contribution in [0.2, 0.25) is 0 Å². The lowest BCUT2D eigenvalue weighted by molar-refractivity contribution is -0.137. The van der Waals surface area contributed by atoms with E-state index in [1.54, 1.807) is 0 Å². The monoisotopic (exact) mass is 301 g/mol. The maximum absolute atomic E-state index is 12.4. The maximum Gasteiger partial charge on any atom is 0.416 e. The number of carboxylic acid groups (broad SMARTS) is 1. The van der Waals surface area contributed by atoms with Crippen LogP contribution in [0.15, 0.2) is 30.5 Å². The van der Waals surface area contributed by atoms with Crippen molar-refractivity contribution in [3.63, 3.8) is 0 Å². The number of alkyl halides is 3. The smallest absolute Gasteiger partial charge is 0.416 e. The number of hydrogen-bond donors (Lipinski definition) is 1. The molecule has 0 bridgehead atoms. The summed E-state index contributed by atoms with van der Waals surface area (Å²) in [6, 6.07) is 4.28. The van der Waals surface area contributed by atoms with Crippen molar-refractivity contribution in [3.05, 3.63) is 41.7 Å². The number of aromatic carboxylic acids is 1. The minimum absolute atomic E-state index is 0.119. The number of benzene rings is 1. The third kappa shape index (κ3) is 3.94. The topological polar surface area (TPSA) is 77.2 Å². The van der Waals surface area contributed by atoms with Crippen molar-refractivity contribution in [1.29, 1.82) is 0 Å². The molecule has 0 unspecified atom stereocenters. The van der Waals surface area contributed by atoms with Crippen LogP contribution in [-0.4, -0.2) is 32.7 Å². The van der Waals surface area contributed by atoms with Gasteiger partial charge in [0.2, 0.25) is 0 Å². The average molecular weight is 301 g/mol. The van der Waals surface area contributed by atoms with Crippen molar-refractivity contribution in [2.75, 3.05) is 6.61 Å². The number of halogens is 3. The molecule has 0 spiro atoms. The van der Waals surface area contributed by atoms with Gasteiger partial charge >= 0.3 is 12.1 Å². The molecule has 6 nitrogen and oxygen atoms in total. The normalized spacial score (nSPS) is 11.4. The van der Waals surface area contributed by atoms with Crippen LogP contribution in [0.25, 0.3) is 0 Å². The number of nitrogens with zero attached hydrogens (tertiary/aromatic N) is 3. The predicted octanol–water partition coefficient (Wildman–Crippen LogP) is 2.07. The predicted molar refractivity (Wildman–Crippen MR) is 63.9 cm³/mol. The van der Waals surface area contributed by atoms with Crippen molar-refractivity contribution in [2.45, 2.75) is 12.7 Å². The summed E-state index contributed by atoms with van der Waals surface area (Å²) in [6.07, 6.45) is -3.15. The Morgan fingerprint density at radius 1 is 1.29 bits per heavy atom. The fourth-order valence-electron chi connectivity index (χ4n) is 1.50. The summed E-state index contributed by atoms with van der Waals surface area (Å²) in [5, 5.41) is 15.6. The van der Waals surface area contributed by atoms with Gasteiger partial charge in [-0.25, -0.2) is 9.48 Å². The molecule has 0 aliphatic carbocycles. The van der Waals surface area contributed by atoms with E-state index < -0.39 is 17.7 Å². The molecule has 1 N–H and O–H groups in total. The third-order valence-corrected chi connectivity index (χ3v) is 2.53. The van der Waals surface area contributed by atoms with Gasteiger partial charge in [0.1, 0.15) is 12.4 Å². The highest BCUT2D eigenvalue weighted by molar-refractivity contribution is 5.84. The van der Waals surface area contributed by atoms with Gasteiger partial charge in [-0.05, 0) is 24.3 Å². The molecule has 21 heavy (non-hydrogen) atoms. The number of carboxylic acids is 1. The lowest BCUT2D eigenvalue weighted by atomic mass is 10.2. The van der Waals surface area contributed by atoms with E-state index in [4.69, 9.17) is 9.84 Å².